The Kier molecular flexibility index (Phi) is 4.40. The highest BCUT2D eigenvalue weighted by Gasteiger charge is 2.33. The lowest BCUT2D eigenvalue weighted by Crippen LogP contribution is -2.46. The lowest BCUT2D eigenvalue weighted by Gasteiger charge is -2.39. The Morgan fingerprint density at radius 1 is 0.926 bits per heavy atom. The highest BCUT2D eigenvalue weighted by Crippen LogP contribution is 2.39. The highest BCUT2D eigenvalue weighted by molar-refractivity contribution is 5.96. The van der Waals surface area contributed by atoms with Gasteiger partial charge in [-0.1, -0.05) is 54.6 Å². The van der Waals surface area contributed by atoms with Crippen LogP contribution < -0.4 is 4.90 Å². The molecular formula is C23H21FN2O. The molecule has 0 aliphatic carbocycles. The van der Waals surface area contributed by atoms with Crippen molar-refractivity contribution < 1.29 is 9.18 Å². The quantitative estimate of drug-likeness (QED) is 0.594. The number of fused-ring (bicyclic) bond motifs is 1. The van der Waals surface area contributed by atoms with Crippen molar-refractivity contribution in [2.24, 2.45) is 0 Å². The van der Waals surface area contributed by atoms with E-state index in [-0.39, 0.29) is 17.9 Å². The smallest absolute Gasteiger partial charge is 0.321 e. The molecule has 136 valence electrons. The predicted molar refractivity (Wildman–Crippen MR) is 106 cm³/mol. The summed E-state index contributed by atoms with van der Waals surface area (Å²) >= 11 is 0. The summed E-state index contributed by atoms with van der Waals surface area (Å²) < 4.78 is 13.3. The van der Waals surface area contributed by atoms with Crippen molar-refractivity contribution in [1.29, 1.82) is 0 Å². The SMILES string of the molecule is C[C@H]1c2ccc(-c3ccc(F)cc3)cc2N(Cc2ccccc2)C(=O)N1C. The van der Waals surface area contributed by atoms with Gasteiger partial charge in [0.05, 0.1) is 18.3 Å². The monoisotopic (exact) mass is 360 g/mol. The Morgan fingerprint density at radius 2 is 1.59 bits per heavy atom. The van der Waals surface area contributed by atoms with E-state index < -0.39 is 0 Å². The first kappa shape index (κ1) is 17.3. The van der Waals surface area contributed by atoms with Gasteiger partial charge < -0.3 is 4.90 Å². The fraction of sp³-hybridized carbons (Fsp3) is 0.174. The molecular weight excluding hydrogens is 339 g/mol. The Hall–Kier alpha value is -3.14. The summed E-state index contributed by atoms with van der Waals surface area (Å²) in [4.78, 5) is 16.6. The lowest BCUT2D eigenvalue weighted by atomic mass is 9.96. The number of benzene rings is 3. The van der Waals surface area contributed by atoms with Gasteiger partial charge in [-0.2, -0.15) is 0 Å². The van der Waals surface area contributed by atoms with E-state index in [0.29, 0.717) is 6.54 Å². The van der Waals surface area contributed by atoms with E-state index in [9.17, 15) is 9.18 Å². The minimum atomic E-state index is -0.257. The second-order valence-electron chi connectivity index (χ2n) is 6.92. The summed E-state index contributed by atoms with van der Waals surface area (Å²) in [5.74, 6) is -0.257. The van der Waals surface area contributed by atoms with Crippen LogP contribution in [0.3, 0.4) is 0 Å². The van der Waals surface area contributed by atoms with Crippen LogP contribution in [0, 0.1) is 5.82 Å². The third kappa shape index (κ3) is 3.19. The number of amides is 2. The molecule has 4 heteroatoms. The van der Waals surface area contributed by atoms with Gasteiger partial charge in [-0.05, 0) is 47.4 Å². The molecule has 3 nitrogen and oxygen atoms in total. The zero-order valence-corrected chi connectivity index (χ0v) is 15.4. The molecule has 1 aliphatic rings. The van der Waals surface area contributed by atoms with Crippen LogP contribution in [0.1, 0.15) is 24.1 Å². The van der Waals surface area contributed by atoms with Crippen molar-refractivity contribution in [3.8, 4) is 11.1 Å². The summed E-state index contributed by atoms with van der Waals surface area (Å²) in [6.07, 6.45) is 0. The minimum Gasteiger partial charge on any atom is -0.321 e. The molecule has 0 radical (unpaired) electrons. The molecule has 0 fully saturated rings. The molecule has 3 aromatic carbocycles. The lowest BCUT2D eigenvalue weighted by molar-refractivity contribution is 0.196. The van der Waals surface area contributed by atoms with Gasteiger partial charge in [0.2, 0.25) is 0 Å². The number of hydrogen-bond acceptors (Lipinski definition) is 1. The van der Waals surface area contributed by atoms with Crippen molar-refractivity contribution in [2.45, 2.75) is 19.5 Å². The number of rotatable bonds is 3. The average Bonchev–Trinajstić information content (AvgIpc) is 2.70. The van der Waals surface area contributed by atoms with E-state index >= 15 is 0 Å². The van der Waals surface area contributed by atoms with E-state index in [1.54, 1.807) is 17.0 Å². The second-order valence-corrected chi connectivity index (χ2v) is 6.92. The second kappa shape index (κ2) is 6.88. The Labute approximate surface area is 158 Å². The van der Waals surface area contributed by atoms with E-state index in [1.807, 2.05) is 61.3 Å². The van der Waals surface area contributed by atoms with Crippen LogP contribution in [0.15, 0.2) is 72.8 Å². The van der Waals surface area contributed by atoms with Crippen LogP contribution in [0.4, 0.5) is 14.9 Å². The zero-order chi connectivity index (χ0) is 19.0. The largest absolute Gasteiger partial charge is 0.325 e. The van der Waals surface area contributed by atoms with Crippen molar-refractivity contribution in [2.75, 3.05) is 11.9 Å². The summed E-state index contributed by atoms with van der Waals surface area (Å²) in [7, 11) is 1.84. The molecule has 0 saturated carbocycles. The summed E-state index contributed by atoms with van der Waals surface area (Å²) in [5.41, 5.74) is 5.00. The molecule has 1 atom stereocenters. The first-order valence-electron chi connectivity index (χ1n) is 9.03. The molecule has 1 heterocycles. The van der Waals surface area contributed by atoms with Gasteiger partial charge in [-0.25, -0.2) is 9.18 Å². The molecule has 0 unspecified atom stereocenters. The maximum Gasteiger partial charge on any atom is 0.325 e. The maximum atomic E-state index is 13.3. The number of carbonyl (C=O) groups excluding carboxylic acids is 1. The van der Waals surface area contributed by atoms with E-state index in [1.165, 1.54) is 12.1 Å². The summed E-state index contributed by atoms with van der Waals surface area (Å²) in [6, 6.07) is 22.5. The van der Waals surface area contributed by atoms with Crippen molar-refractivity contribution in [1.82, 2.24) is 4.90 Å². The van der Waals surface area contributed by atoms with E-state index in [0.717, 1.165) is 27.9 Å². The normalized spacial score (nSPS) is 16.4. The molecule has 27 heavy (non-hydrogen) atoms. The van der Waals surface area contributed by atoms with Gasteiger partial charge in [0.25, 0.3) is 0 Å². The molecule has 4 rings (SSSR count). The van der Waals surface area contributed by atoms with Gasteiger partial charge >= 0.3 is 6.03 Å². The van der Waals surface area contributed by atoms with Crippen LogP contribution in [-0.4, -0.2) is 18.0 Å². The van der Waals surface area contributed by atoms with Crippen LogP contribution >= 0.6 is 0 Å². The Bertz CT molecular complexity index is 969. The number of carbonyl (C=O) groups is 1. The van der Waals surface area contributed by atoms with Gasteiger partial charge in [-0.15, -0.1) is 0 Å². The Morgan fingerprint density at radius 3 is 2.30 bits per heavy atom. The van der Waals surface area contributed by atoms with Crippen molar-refractivity contribution >= 4 is 11.7 Å². The van der Waals surface area contributed by atoms with Gasteiger partial charge in [-0.3, -0.25) is 4.90 Å². The fourth-order valence-electron chi connectivity index (χ4n) is 3.54. The minimum absolute atomic E-state index is 0.00166. The first-order chi connectivity index (χ1) is 13.0. The molecule has 0 spiro atoms. The van der Waals surface area contributed by atoms with Crippen LogP contribution in [0.25, 0.3) is 11.1 Å². The predicted octanol–water partition coefficient (Wildman–Crippen LogP) is 5.63. The van der Waals surface area contributed by atoms with E-state index in [2.05, 4.69) is 6.07 Å². The van der Waals surface area contributed by atoms with Gasteiger partial charge in [0.1, 0.15) is 5.82 Å². The molecule has 3 aromatic rings. The molecule has 0 aromatic heterocycles. The number of hydrogen-bond donors (Lipinski definition) is 0. The van der Waals surface area contributed by atoms with Crippen LogP contribution in [0.2, 0.25) is 0 Å². The third-order valence-electron chi connectivity index (χ3n) is 5.25. The Balaban J connectivity index is 1.79. The molecule has 1 aliphatic heterocycles. The van der Waals surface area contributed by atoms with Gasteiger partial charge in [0, 0.05) is 7.05 Å². The van der Waals surface area contributed by atoms with Gasteiger partial charge in [0.15, 0.2) is 0 Å². The van der Waals surface area contributed by atoms with Crippen LogP contribution in [-0.2, 0) is 6.54 Å². The standard InChI is InChI=1S/C23H21FN2O/c1-16-21-13-10-19(18-8-11-20(24)12-9-18)14-22(21)26(23(27)25(16)2)15-17-6-4-3-5-7-17/h3-14,16H,15H2,1-2H3/t16-/m0/s1. The zero-order valence-electron chi connectivity index (χ0n) is 15.4. The summed E-state index contributed by atoms with van der Waals surface area (Å²) in [6.45, 7) is 2.55. The molecule has 0 bridgehead atoms. The van der Waals surface area contributed by atoms with Crippen LogP contribution in [0.5, 0.6) is 0 Å². The number of anilines is 1. The number of nitrogens with zero attached hydrogens (tertiary/aromatic N) is 2. The molecule has 0 N–H and O–H groups in total. The number of urea groups is 1. The maximum absolute atomic E-state index is 13.3. The highest BCUT2D eigenvalue weighted by atomic mass is 19.1. The van der Waals surface area contributed by atoms with E-state index in [4.69, 9.17) is 0 Å². The average molecular weight is 360 g/mol. The fourth-order valence-corrected chi connectivity index (χ4v) is 3.54. The summed E-state index contributed by atoms with van der Waals surface area (Å²) in [5, 5.41) is 0. The van der Waals surface area contributed by atoms with Crippen molar-refractivity contribution in [3.05, 3.63) is 89.7 Å². The first-order valence-corrected chi connectivity index (χ1v) is 9.03. The number of halogens is 1. The molecule has 2 amide bonds. The third-order valence-corrected chi connectivity index (χ3v) is 5.25. The van der Waals surface area contributed by atoms with Crippen molar-refractivity contribution in [3.63, 3.8) is 0 Å². The molecule has 0 saturated heterocycles. The topological polar surface area (TPSA) is 23.6 Å².